The van der Waals surface area contributed by atoms with Gasteiger partial charge in [-0.05, 0) is 30.3 Å². The third kappa shape index (κ3) is 4.33. The molecule has 0 aliphatic carbocycles. The Morgan fingerprint density at radius 3 is 2.58 bits per heavy atom. The molecule has 2 amide bonds. The standard InChI is InChI=1S/C18H14Cl2N2O4/c19-11-3-1-10(2-4-11)15(23)5-6-17(24)21-13-8-16-14(7-12(13)20)22-18(25)9-26-16/h1-4,7-8H,5-6,9H2,(H,21,24)(H,22,25). The van der Waals surface area contributed by atoms with E-state index >= 15 is 0 Å². The first-order valence-electron chi connectivity index (χ1n) is 7.77. The summed E-state index contributed by atoms with van der Waals surface area (Å²) >= 11 is 11.9. The summed E-state index contributed by atoms with van der Waals surface area (Å²) in [5.41, 5.74) is 1.30. The maximum atomic E-state index is 12.1. The number of carbonyl (C=O) groups excluding carboxylic acids is 3. The van der Waals surface area contributed by atoms with Crippen LogP contribution >= 0.6 is 23.2 Å². The molecule has 1 aliphatic rings. The van der Waals surface area contributed by atoms with Crippen molar-refractivity contribution in [2.75, 3.05) is 17.2 Å². The van der Waals surface area contributed by atoms with Crippen molar-refractivity contribution in [3.63, 3.8) is 0 Å². The second kappa shape index (κ2) is 7.76. The summed E-state index contributed by atoms with van der Waals surface area (Å²) in [6, 6.07) is 9.53. The van der Waals surface area contributed by atoms with E-state index in [-0.39, 0.29) is 42.1 Å². The molecular formula is C18H14Cl2N2O4. The van der Waals surface area contributed by atoms with Crippen LogP contribution in [0.4, 0.5) is 11.4 Å². The van der Waals surface area contributed by atoms with Gasteiger partial charge in [-0.15, -0.1) is 0 Å². The number of anilines is 2. The van der Waals surface area contributed by atoms with Gasteiger partial charge in [-0.3, -0.25) is 14.4 Å². The van der Waals surface area contributed by atoms with E-state index in [1.807, 2.05) is 0 Å². The van der Waals surface area contributed by atoms with Gasteiger partial charge in [0.25, 0.3) is 5.91 Å². The van der Waals surface area contributed by atoms with Crippen molar-refractivity contribution in [1.29, 1.82) is 0 Å². The number of hydrogen-bond acceptors (Lipinski definition) is 4. The highest BCUT2D eigenvalue weighted by Gasteiger charge is 2.19. The highest BCUT2D eigenvalue weighted by Crippen LogP contribution is 2.36. The first kappa shape index (κ1) is 18.2. The zero-order valence-electron chi connectivity index (χ0n) is 13.5. The molecule has 0 atom stereocenters. The van der Waals surface area contributed by atoms with Gasteiger partial charge in [-0.2, -0.15) is 0 Å². The van der Waals surface area contributed by atoms with Crippen molar-refractivity contribution >= 4 is 52.2 Å². The summed E-state index contributed by atoms with van der Waals surface area (Å²) in [4.78, 5) is 35.5. The van der Waals surface area contributed by atoms with Gasteiger partial charge in [-0.25, -0.2) is 0 Å². The molecule has 1 heterocycles. The molecule has 0 unspecified atom stereocenters. The summed E-state index contributed by atoms with van der Waals surface area (Å²) < 4.78 is 5.29. The molecular weight excluding hydrogens is 379 g/mol. The Hall–Kier alpha value is -2.57. The minimum atomic E-state index is -0.353. The van der Waals surface area contributed by atoms with E-state index in [0.29, 0.717) is 27.7 Å². The SMILES string of the molecule is O=C(CCC(=O)c1ccc(Cl)cc1)Nc1cc2c(cc1Cl)NC(=O)CO2. The molecule has 2 N–H and O–H groups in total. The fourth-order valence-electron chi connectivity index (χ4n) is 2.42. The molecule has 0 radical (unpaired) electrons. The van der Waals surface area contributed by atoms with Crippen molar-refractivity contribution in [3.05, 3.63) is 52.0 Å². The monoisotopic (exact) mass is 392 g/mol. The van der Waals surface area contributed by atoms with E-state index in [1.54, 1.807) is 24.3 Å². The first-order valence-corrected chi connectivity index (χ1v) is 8.53. The van der Waals surface area contributed by atoms with Crippen LogP contribution in [0.15, 0.2) is 36.4 Å². The molecule has 0 bridgehead atoms. The zero-order valence-corrected chi connectivity index (χ0v) is 15.0. The van der Waals surface area contributed by atoms with Crippen LogP contribution < -0.4 is 15.4 Å². The molecule has 0 aromatic heterocycles. The van der Waals surface area contributed by atoms with Crippen molar-refractivity contribution in [2.45, 2.75) is 12.8 Å². The number of fused-ring (bicyclic) bond motifs is 1. The summed E-state index contributed by atoms with van der Waals surface area (Å²) in [6.07, 6.45) is 0.0645. The second-order valence-electron chi connectivity index (χ2n) is 5.64. The van der Waals surface area contributed by atoms with Gasteiger partial charge >= 0.3 is 0 Å². The second-order valence-corrected chi connectivity index (χ2v) is 6.49. The molecule has 134 valence electrons. The molecule has 26 heavy (non-hydrogen) atoms. The van der Waals surface area contributed by atoms with Crippen molar-refractivity contribution in [2.24, 2.45) is 0 Å². The number of rotatable bonds is 5. The van der Waals surface area contributed by atoms with Gasteiger partial charge in [0.1, 0.15) is 5.75 Å². The number of nitrogens with one attached hydrogen (secondary N) is 2. The molecule has 2 aromatic carbocycles. The minimum absolute atomic E-state index is 0.00642. The fourth-order valence-corrected chi connectivity index (χ4v) is 2.75. The third-order valence-corrected chi connectivity index (χ3v) is 4.29. The van der Waals surface area contributed by atoms with Crippen LogP contribution in [-0.2, 0) is 9.59 Å². The number of benzene rings is 2. The molecule has 0 spiro atoms. The Bertz CT molecular complexity index is 882. The van der Waals surface area contributed by atoms with Gasteiger partial charge in [0, 0.05) is 29.5 Å². The Morgan fingerprint density at radius 1 is 1.12 bits per heavy atom. The molecule has 2 aromatic rings. The molecule has 0 fully saturated rings. The lowest BCUT2D eigenvalue weighted by Gasteiger charge is -2.19. The predicted octanol–water partition coefficient (Wildman–Crippen LogP) is 3.93. The molecule has 6 nitrogen and oxygen atoms in total. The van der Waals surface area contributed by atoms with E-state index in [2.05, 4.69) is 10.6 Å². The smallest absolute Gasteiger partial charge is 0.262 e. The predicted molar refractivity (Wildman–Crippen MR) is 99.2 cm³/mol. The lowest BCUT2D eigenvalue weighted by atomic mass is 10.1. The van der Waals surface area contributed by atoms with Crippen LogP contribution in [0.5, 0.6) is 5.75 Å². The maximum absolute atomic E-state index is 12.1. The van der Waals surface area contributed by atoms with Crippen LogP contribution in [0.1, 0.15) is 23.2 Å². The Labute approximate surface area is 159 Å². The highest BCUT2D eigenvalue weighted by atomic mass is 35.5. The van der Waals surface area contributed by atoms with Crippen LogP contribution in [0.3, 0.4) is 0 Å². The minimum Gasteiger partial charge on any atom is -0.482 e. The van der Waals surface area contributed by atoms with Gasteiger partial charge < -0.3 is 15.4 Å². The van der Waals surface area contributed by atoms with Crippen molar-refractivity contribution in [3.8, 4) is 5.75 Å². The molecule has 8 heteroatoms. The van der Waals surface area contributed by atoms with Crippen LogP contribution in [0.25, 0.3) is 0 Å². The van der Waals surface area contributed by atoms with Crippen molar-refractivity contribution < 1.29 is 19.1 Å². The number of ether oxygens (including phenoxy) is 1. The number of amides is 2. The fraction of sp³-hybridized carbons (Fsp3) is 0.167. The topological polar surface area (TPSA) is 84.5 Å². The normalized spacial score (nSPS) is 12.6. The molecule has 1 aliphatic heterocycles. The van der Waals surface area contributed by atoms with Gasteiger partial charge in [-0.1, -0.05) is 23.2 Å². The van der Waals surface area contributed by atoms with Gasteiger partial charge in [0.05, 0.1) is 16.4 Å². The quantitative estimate of drug-likeness (QED) is 0.754. The highest BCUT2D eigenvalue weighted by molar-refractivity contribution is 6.34. The number of ketones is 1. The summed E-state index contributed by atoms with van der Waals surface area (Å²) in [5, 5.41) is 6.08. The molecule has 0 saturated carbocycles. The Kier molecular flexibility index (Phi) is 5.44. The third-order valence-electron chi connectivity index (χ3n) is 3.72. The summed E-state index contributed by atoms with van der Waals surface area (Å²) in [7, 11) is 0. The van der Waals surface area contributed by atoms with E-state index < -0.39 is 0 Å². The number of Topliss-reactive ketones (excluding diaryl/α,β-unsaturated/α-hetero) is 1. The number of hydrogen-bond donors (Lipinski definition) is 2. The summed E-state index contributed by atoms with van der Waals surface area (Å²) in [6.45, 7) is -0.0996. The van der Waals surface area contributed by atoms with Crippen molar-refractivity contribution in [1.82, 2.24) is 0 Å². The van der Waals surface area contributed by atoms with Gasteiger partial charge in [0.15, 0.2) is 12.4 Å². The molecule has 3 rings (SSSR count). The van der Waals surface area contributed by atoms with E-state index in [0.717, 1.165) is 0 Å². The lowest BCUT2D eigenvalue weighted by molar-refractivity contribution is -0.118. The van der Waals surface area contributed by atoms with Gasteiger partial charge in [0.2, 0.25) is 5.91 Å². The average Bonchev–Trinajstić information content (AvgIpc) is 2.61. The first-order chi connectivity index (χ1) is 12.4. The average molecular weight is 393 g/mol. The Balaban J connectivity index is 1.60. The van der Waals surface area contributed by atoms with Crippen LogP contribution in [0.2, 0.25) is 10.0 Å². The van der Waals surface area contributed by atoms with E-state index in [4.69, 9.17) is 27.9 Å². The zero-order chi connectivity index (χ0) is 18.7. The van der Waals surface area contributed by atoms with E-state index in [9.17, 15) is 14.4 Å². The lowest BCUT2D eigenvalue weighted by Crippen LogP contribution is -2.25. The van der Waals surface area contributed by atoms with Crippen LogP contribution in [-0.4, -0.2) is 24.2 Å². The number of carbonyl (C=O) groups is 3. The summed E-state index contributed by atoms with van der Waals surface area (Å²) in [5.74, 6) is -0.360. The van der Waals surface area contributed by atoms with E-state index in [1.165, 1.54) is 12.1 Å². The Morgan fingerprint density at radius 2 is 1.85 bits per heavy atom. The maximum Gasteiger partial charge on any atom is 0.262 e. The number of halogens is 2. The largest absolute Gasteiger partial charge is 0.482 e. The van der Waals surface area contributed by atoms with Crippen LogP contribution in [0, 0.1) is 0 Å². The molecule has 0 saturated heterocycles.